The smallest absolute Gasteiger partial charge is 0.247 e. The summed E-state index contributed by atoms with van der Waals surface area (Å²) in [5.74, 6) is -1.96. The Balaban J connectivity index is 1.66. The third kappa shape index (κ3) is 2.72. The van der Waals surface area contributed by atoms with E-state index in [1.807, 2.05) is 18.2 Å². The molecule has 1 atom stereocenters. The van der Waals surface area contributed by atoms with Gasteiger partial charge in [0.05, 0.1) is 6.07 Å². The van der Waals surface area contributed by atoms with E-state index in [0.717, 1.165) is 43.0 Å². The Morgan fingerprint density at radius 3 is 2.64 bits per heavy atom. The zero-order valence-corrected chi connectivity index (χ0v) is 14.2. The summed E-state index contributed by atoms with van der Waals surface area (Å²) in [5.41, 5.74) is 4.04. The summed E-state index contributed by atoms with van der Waals surface area (Å²) < 4.78 is 0. The standard InChI is InChI=1S/C20H21N3O2/c21-12-16(20(25)23-9-3-4-10-23)19(24)13-7-8-18-15(11-13)14-5-1-2-6-17(14)22-18/h7-8,11,16,22H,1-6,9-10H2/t16-/m0/s1. The molecule has 1 fully saturated rings. The van der Waals surface area contributed by atoms with E-state index >= 15 is 0 Å². The molecule has 5 heteroatoms. The number of Topliss-reactive ketones (excluding diaryl/α,β-unsaturated/α-hetero) is 1. The van der Waals surface area contributed by atoms with Gasteiger partial charge in [-0.2, -0.15) is 5.26 Å². The van der Waals surface area contributed by atoms with E-state index in [-0.39, 0.29) is 11.7 Å². The number of aromatic nitrogens is 1. The van der Waals surface area contributed by atoms with Crippen molar-refractivity contribution in [3.63, 3.8) is 0 Å². The van der Waals surface area contributed by atoms with Crippen LogP contribution in [0.5, 0.6) is 0 Å². The molecule has 1 aromatic carbocycles. The number of likely N-dealkylation sites (tertiary alicyclic amines) is 1. The number of carbonyl (C=O) groups is 2. The molecule has 0 unspecified atom stereocenters. The molecule has 1 aliphatic heterocycles. The van der Waals surface area contributed by atoms with Gasteiger partial charge in [-0.3, -0.25) is 9.59 Å². The fraction of sp³-hybridized carbons (Fsp3) is 0.450. The maximum absolute atomic E-state index is 12.8. The van der Waals surface area contributed by atoms with Crippen molar-refractivity contribution < 1.29 is 9.59 Å². The third-order valence-corrected chi connectivity index (χ3v) is 5.44. The van der Waals surface area contributed by atoms with Crippen molar-refractivity contribution >= 4 is 22.6 Å². The number of rotatable bonds is 3. The average molecular weight is 335 g/mol. The number of carbonyl (C=O) groups excluding carboxylic acids is 2. The van der Waals surface area contributed by atoms with E-state index < -0.39 is 5.92 Å². The minimum atomic E-state index is -1.23. The quantitative estimate of drug-likeness (QED) is 0.692. The Morgan fingerprint density at radius 2 is 1.88 bits per heavy atom. The number of fused-ring (bicyclic) bond motifs is 3. The monoisotopic (exact) mass is 335 g/mol. The second-order valence-corrected chi connectivity index (χ2v) is 7.01. The Labute approximate surface area is 146 Å². The highest BCUT2D eigenvalue weighted by atomic mass is 16.2. The Bertz CT molecular complexity index is 884. The van der Waals surface area contributed by atoms with Crippen molar-refractivity contribution in [1.29, 1.82) is 5.26 Å². The summed E-state index contributed by atoms with van der Waals surface area (Å²) in [4.78, 5) is 30.4. The van der Waals surface area contributed by atoms with Crippen LogP contribution in [0, 0.1) is 17.2 Å². The van der Waals surface area contributed by atoms with Crippen LogP contribution in [0.3, 0.4) is 0 Å². The van der Waals surface area contributed by atoms with Crippen LogP contribution in [0.1, 0.15) is 47.3 Å². The van der Waals surface area contributed by atoms with Gasteiger partial charge in [-0.15, -0.1) is 0 Å². The molecule has 4 rings (SSSR count). The fourth-order valence-electron chi connectivity index (χ4n) is 4.07. The first-order valence-electron chi connectivity index (χ1n) is 9.05. The average Bonchev–Trinajstić information content (AvgIpc) is 3.29. The molecule has 1 aromatic heterocycles. The van der Waals surface area contributed by atoms with Crippen LogP contribution in [0.15, 0.2) is 18.2 Å². The van der Waals surface area contributed by atoms with Gasteiger partial charge in [-0.05, 0) is 62.3 Å². The summed E-state index contributed by atoms with van der Waals surface area (Å²) >= 11 is 0. The number of amides is 1. The molecule has 2 heterocycles. The topological polar surface area (TPSA) is 77.0 Å². The van der Waals surface area contributed by atoms with E-state index in [1.165, 1.54) is 17.7 Å². The predicted octanol–water partition coefficient (Wildman–Crippen LogP) is 2.99. The summed E-state index contributed by atoms with van der Waals surface area (Å²) in [6.07, 6.45) is 6.29. The summed E-state index contributed by atoms with van der Waals surface area (Å²) in [6.45, 7) is 1.29. The maximum Gasteiger partial charge on any atom is 0.247 e. The summed E-state index contributed by atoms with van der Waals surface area (Å²) in [7, 11) is 0. The van der Waals surface area contributed by atoms with Gasteiger partial charge in [0, 0.05) is 35.2 Å². The highest BCUT2D eigenvalue weighted by Crippen LogP contribution is 2.30. The molecule has 1 saturated heterocycles. The lowest BCUT2D eigenvalue weighted by molar-refractivity contribution is -0.131. The van der Waals surface area contributed by atoms with E-state index in [2.05, 4.69) is 4.98 Å². The van der Waals surface area contributed by atoms with Crippen molar-refractivity contribution in [1.82, 2.24) is 9.88 Å². The number of H-pyrrole nitrogens is 1. The molecule has 0 spiro atoms. The minimum absolute atomic E-state index is 0.346. The van der Waals surface area contributed by atoms with E-state index in [9.17, 15) is 14.9 Å². The van der Waals surface area contributed by atoms with Crippen molar-refractivity contribution in [3.05, 3.63) is 35.0 Å². The number of nitrogens with one attached hydrogen (secondary N) is 1. The van der Waals surface area contributed by atoms with Gasteiger partial charge in [0.15, 0.2) is 11.7 Å². The van der Waals surface area contributed by atoms with Crippen LogP contribution in [-0.2, 0) is 17.6 Å². The minimum Gasteiger partial charge on any atom is -0.358 e. The van der Waals surface area contributed by atoms with E-state index in [1.54, 1.807) is 11.0 Å². The number of benzene rings is 1. The molecule has 5 nitrogen and oxygen atoms in total. The third-order valence-electron chi connectivity index (χ3n) is 5.44. The number of nitrogens with zero attached hydrogens (tertiary/aromatic N) is 2. The highest BCUT2D eigenvalue weighted by Gasteiger charge is 2.33. The van der Waals surface area contributed by atoms with Gasteiger partial charge >= 0.3 is 0 Å². The van der Waals surface area contributed by atoms with Gasteiger partial charge < -0.3 is 9.88 Å². The molecular formula is C20H21N3O2. The van der Waals surface area contributed by atoms with E-state index in [0.29, 0.717) is 18.7 Å². The predicted molar refractivity (Wildman–Crippen MR) is 94.2 cm³/mol. The van der Waals surface area contributed by atoms with Gasteiger partial charge in [0.25, 0.3) is 0 Å². The van der Waals surface area contributed by atoms with Crippen LogP contribution in [0.25, 0.3) is 10.9 Å². The summed E-state index contributed by atoms with van der Waals surface area (Å²) in [5, 5.41) is 10.5. The lowest BCUT2D eigenvalue weighted by Crippen LogP contribution is -2.37. The maximum atomic E-state index is 12.8. The molecule has 0 radical (unpaired) electrons. The Kier molecular flexibility index (Phi) is 4.04. The normalized spacial score (nSPS) is 18.0. The highest BCUT2D eigenvalue weighted by molar-refractivity contribution is 6.13. The van der Waals surface area contributed by atoms with Gasteiger partial charge in [0.2, 0.25) is 5.91 Å². The van der Waals surface area contributed by atoms with Crippen LogP contribution in [0.2, 0.25) is 0 Å². The van der Waals surface area contributed by atoms with Crippen molar-refractivity contribution in [3.8, 4) is 6.07 Å². The van der Waals surface area contributed by atoms with Gasteiger partial charge in [0.1, 0.15) is 0 Å². The number of aromatic amines is 1. The molecule has 25 heavy (non-hydrogen) atoms. The van der Waals surface area contributed by atoms with Crippen LogP contribution >= 0.6 is 0 Å². The molecule has 1 N–H and O–H groups in total. The SMILES string of the molecule is N#C[C@@H](C(=O)c1ccc2[nH]c3c(c2c1)CCCC3)C(=O)N1CCCC1. The first-order chi connectivity index (χ1) is 12.2. The molecule has 128 valence electrons. The van der Waals surface area contributed by atoms with Crippen molar-refractivity contribution in [2.75, 3.05) is 13.1 Å². The summed E-state index contributed by atoms with van der Waals surface area (Å²) in [6, 6.07) is 7.42. The van der Waals surface area contributed by atoms with E-state index in [4.69, 9.17) is 0 Å². The van der Waals surface area contributed by atoms with Gasteiger partial charge in [-0.25, -0.2) is 0 Å². The number of hydrogen-bond donors (Lipinski definition) is 1. The number of nitriles is 1. The Morgan fingerprint density at radius 1 is 1.12 bits per heavy atom. The lowest BCUT2D eigenvalue weighted by Gasteiger charge is -2.18. The zero-order valence-electron chi connectivity index (χ0n) is 14.2. The first-order valence-corrected chi connectivity index (χ1v) is 9.05. The fourth-order valence-corrected chi connectivity index (χ4v) is 4.07. The molecular weight excluding hydrogens is 314 g/mol. The number of ketones is 1. The molecule has 1 amide bonds. The van der Waals surface area contributed by atoms with Crippen molar-refractivity contribution in [2.45, 2.75) is 38.5 Å². The lowest BCUT2D eigenvalue weighted by atomic mass is 9.93. The molecule has 2 aromatic rings. The zero-order chi connectivity index (χ0) is 17.4. The van der Waals surface area contributed by atoms with Crippen molar-refractivity contribution in [2.24, 2.45) is 5.92 Å². The number of hydrogen-bond acceptors (Lipinski definition) is 3. The van der Waals surface area contributed by atoms with Crippen LogP contribution < -0.4 is 0 Å². The van der Waals surface area contributed by atoms with Crippen LogP contribution in [-0.4, -0.2) is 34.7 Å². The molecule has 0 saturated carbocycles. The van der Waals surface area contributed by atoms with Gasteiger partial charge in [-0.1, -0.05) is 0 Å². The molecule has 2 aliphatic rings. The Hall–Kier alpha value is -2.61. The second kappa shape index (κ2) is 6.36. The molecule has 0 bridgehead atoms. The largest absolute Gasteiger partial charge is 0.358 e. The van der Waals surface area contributed by atoms with Crippen LogP contribution in [0.4, 0.5) is 0 Å². The molecule has 1 aliphatic carbocycles. The first kappa shape index (κ1) is 15.9. The second-order valence-electron chi connectivity index (χ2n) is 7.01. The number of aryl methyl sites for hydroxylation is 2.